The molecule has 1 saturated carbocycles. The lowest BCUT2D eigenvalue weighted by molar-refractivity contribution is 0.571. The van der Waals surface area contributed by atoms with E-state index >= 15 is 0 Å². The molecule has 1 aliphatic rings. The molecule has 92 valence electrons. The minimum Gasteiger partial charge on any atom is -0.368 e. The zero-order valence-corrected chi connectivity index (χ0v) is 10.8. The Morgan fingerprint density at radius 3 is 2.88 bits per heavy atom. The second-order valence-electron chi connectivity index (χ2n) is 4.42. The quantitative estimate of drug-likeness (QED) is 0.859. The van der Waals surface area contributed by atoms with Gasteiger partial charge in [0.05, 0.1) is 6.20 Å². The molecule has 1 heterocycles. The van der Waals surface area contributed by atoms with Gasteiger partial charge in [-0.2, -0.15) is 5.10 Å². The first-order chi connectivity index (χ1) is 7.40. The minimum atomic E-state index is 0. The van der Waals surface area contributed by atoms with Crippen molar-refractivity contribution < 1.29 is 0 Å². The standard InChI is InChI=1S/C12H21N3.ClH/c1-2-3-10-15-12(8-9-13-15)14-11-6-4-5-7-11;/h8-9,11,14H,2-7,10H2,1H3;1H. The number of aryl methyl sites for hydroxylation is 1. The highest BCUT2D eigenvalue weighted by atomic mass is 35.5. The molecule has 0 unspecified atom stereocenters. The van der Waals surface area contributed by atoms with E-state index < -0.39 is 0 Å². The smallest absolute Gasteiger partial charge is 0.124 e. The van der Waals surface area contributed by atoms with Crippen molar-refractivity contribution in [3.8, 4) is 0 Å². The van der Waals surface area contributed by atoms with E-state index in [-0.39, 0.29) is 12.4 Å². The Labute approximate surface area is 104 Å². The summed E-state index contributed by atoms with van der Waals surface area (Å²) in [6.07, 6.45) is 9.72. The van der Waals surface area contributed by atoms with E-state index in [0.29, 0.717) is 6.04 Å². The SMILES string of the molecule is CCCCn1nccc1NC1CCCC1.Cl. The molecule has 0 spiro atoms. The van der Waals surface area contributed by atoms with Gasteiger partial charge in [0, 0.05) is 18.7 Å². The lowest BCUT2D eigenvalue weighted by Gasteiger charge is -2.14. The first-order valence-corrected chi connectivity index (χ1v) is 6.18. The summed E-state index contributed by atoms with van der Waals surface area (Å²) >= 11 is 0. The van der Waals surface area contributed by atoms with Crippen molar-refractivity contribution in [2.45, 2.75) is 58.0 Å². The lowest BCUT2D eigenvalue weighted by atomic mass is 10.2. The minimum absolute atomic E-state index is 0. The average molecular weight is 244 g/mol. The van der Waals surface area contributed by atoms with Gasteiger partial charge in [0.25, 0.3) is 0 Å². The Kier molecular flexibility index (Phi) is 5.67. The van der Waals surface area contributed by atoms with Gasteiger partial charge in [-0.1, -0.05) is 26.2 Å². The monoisotopic (exact) mass is 243 g/mol. The first kappa shape index (κ1) is 13.4. The maximum absolute atomic E-state index is 4.35. The number of hydrogen-bond acceptors (Lipinski definition) is 2. The fraction of sp³-hybridized carbons (Fsp3) is 0.750. The summed E-state index contributed by atoms with van der Waals surface area (Å²) < 4.78 is 2.10. The zero-order chi connectivity index (χ0) is 10.5. The van der Waals surface area contributed by atoms with Crippen molar-refractivity contribution in [1.82, 2.24) is 9.78 Å². The molecule has 16 heavy (non-hydrogen) atoms. The van der Waals surface area contributed by atoms with Gasteiger partial charge in [0.2, 0.25) is 0 Å². The Balaban J connectivity index is 0.00000128. The topological polar surface area (TPSA) is 29.9 Å². The predicted octanol–water partition coefficient (Wildman–Crippen LogP) is 3.46. The van der Waals surface area contributed by atoms with Crippen molar-refractivity contribution >= 4 is 18.2 Å². The average Bonchev–Trinajstić information content (AvgIpc) is 2.87. The third kappa shape index (κ3) is 3.41. The molecule has 3 nitrogen and oxygen atoms in total. The molecule has 1 aromatic heterocycles. The molecule has 0 aromatic carbocycles. The van der Waals surface area contributed by atoms with Crippen molar-refractivity contribution in [2.75, 3.05) is 5.32 Å². The van der Waals surface area contributed by atoms with Gasteiger partial charge in [0.15, 0.2) is 0 Å². The van der Waals surface area contributed by atoms with Crippen LogP contribution in [0.25, 0.3) is 0 Å². The molecular weight excluding hydrogens is 222 g/mol. The normalized spacial score (nSPS) is 16.1. The molecule has 0 bridgehead atoms. The summed E-state index contributed by atoms with van der Waals surface area (Å²) in [5.74, 6) is 1.20. The fourth-order valence-electron chi connectivity index (χ4n) is 2.22. The van der Waals surface area contributed by atoms with Crippen LogP contribution in [0.1, 0.15) is 45.4 Å². The summed E-state index contributed by atoms with van der Waals surface area (Å²) in [5.41, 5.74) is 0. The van der Waals surface area contributed by atoms with E-state index in [1.54, 1.807) is 0 Å². The zero-order valence-electron chi connectivity index (χ0n) is 9.98. The van der Waals surface area contributed by atoms with Gasteiger partial charge in [-0.05, 0) is 19.3 Å². The van der Waals surface area contributed by atoms with Crippen molar-refractivity contribution in [1.29, 1.82) is 0 Å². The molecule has 0 aliphatic heterocycles. The molecule has 4 heteroatoms. The van der Waals surface area contributed by atoms with Crippen molar-refractivity contribution in [3.63, 3.8) is 0 Å². The van der Waals surface area contributed by atoms with Crippen LogP contribution in [0.5, 0.6) is 0 Å². The van der Waals surface area contributed by atoms with Gasteiger partial charge in [-0.3, -0.25) is 0 Å². The number of nitrogens with one attached hydrogen (secondary N) is 1. The molecular formula is C12H22ClN3. The highest BCUT2D eigenvalue weighted by Gasteiger charge is 2.15. The second kappa shape index (κ2) is 6.79. The van der Waals surface area contributed by atoms with Crippen LogP contribution in [0.2, 0.25) is 0 Å². The molecule has 0 radical (unpaired) electrons. The molecule has 2 rings (SSSR count). The molecule has 1 aliphatic carbocycles. The van der Waals surface area contributed by atoms with Crippen LogP contribution in [0.4, 0.5) is 5.82 Å². The van der Waals surface area contributed by atoms with Crippen LogP contribution in [0.3, 0.4) is 0 Å². The summed E-state index contributed by atoms with van der Waals surface area (Å²) in [4.78, 5) is 0. The third-order valence-corrected chi connectivity index (χ3v) is 3.15. The van der Waals surface area contributed by atoms with Gasteiger partial charge in [0.1, 0.15) is 5.82 Å². The van der Waals surface area contributed by atoms with E-state index in [2.05, 4.69) is 28.1 Å². The second-order valence-corrected chi connectivity index (χ2v) is 4.42. The Morgan fingerprint density at radius 2 is 2.19 bits per heavy atom. The molecule has 1 aromatic rings. The number of halogens is 1. The molecule has 1 N–H and O–H groups in total. The number of unbranched alkanes of at least 4 members (excludes halogenated alkanes) is 1. The summed E-state index contributed by atoms with van der Waals surface area (Å²) in [6, 6.07) is 2.77. The number of anilines is 1. The van der Waals surface area contributed by atoms with Gasteiger partial charge in [-0.25, -0.2) is 4.68 Å². The van der Waals surface area contributed by atoms with Crippen LogP contribution in [-0.4, -0.2) is 15.8 Å². The summed E-state index contributed by atoms with van der Waals surface area (Å²) in [5, 5.41) is 7.95. The number of nitrogens with zero attached hydrogens (tertiary/aromatic N) is 2. The van der Waals surface area contributed by atoms with E-state index in [1.165, 1.54) is 44.3 Å². The molecule has 1 fully saturated rings. The lowest BCUT2D eigenvalue weighted by Crippen LogP contribution is -2.17. The van der Waals surface area contributed by atoms with Gasteiger partial charge in [-0.15, -0.1) is 12.4 Å². The van der Waals surface area contributed by atoms with Gasteiger partial charge >= 0.3 is 0 Å². The summed E-state index contributed by atoms with van der Waals surface area (Å²) in [7, 11) is 0. The van der Waals surface area contributed by atoms with Crippen LogP contribution < -0.4 is 5.32 Å². The third-order valence-electron chi connectivity index (χ3n) is 3.15. The van der Waals surface area contributed by atoms with Crippen LogP contribution >= 0.6 is 12.4 Å². The van der Waals surface area contributed by atoms with E-state index in [4.69, 9.17) is 0 Å². The Hall–Kier alpha value is -0.700. The van der Waals surface area contributed by atoms with Crippen molar-refractivity contribution in [2.24, 2.45) is 0 Å². The Morgan fingerprint density at radius 1 is 1.44 bits per heavy atom. The van der Waals surface area contributed by atoms with Crippen LogP contribution in [-0.2, 0) is 6.54 Å². The summed E-state index contributed by atoms with van der Waals surface area (Å²) in [6.45, 7) is 3.26. The molecule has 0 saturated heterocycles. The maximum atomic E-state index is 4.35. The maximum Gasteiger partial charge on any atom is 0.124 e. The number of aromatic nitrogens is 2. The van der Waals surface area contributed by atoms with Crippen LogP contribution in [0, 0.1) is 0 Å². The Bertz CT molecular complexity index is 292. The number of hydrogen-bond donors (Lipinski definition) is 1. The fourth-order valence-corrected chi connectivity index (χ4v) is 2.22. The predicted molar refractivity (Wildman–Crippen MR) is 70.3 cm³/mol. The van der Waals surface area contributed by atoms with E-state index in [1.807, 2.05) is 6.20 Å². The largest absolute Gasteiger partial charge is 0.368 e. The van der Waals surface area contributed by atoms with Gasteiger partial charge < -0.3 is 5.32 Å². The number of rotatable bonds is 5. The highest BCUT2D eigenvalue weighted by molar-refractivity contribution is 5.85. The van der Waals surface area contributed by atoms with E-state index in [0.717, 1.165) is 6.54 Å². The molecule has 0 atom stereocenters. The van der Waals surface area contributed by atoms with Crippen LogP contribution in [0.15, 0.2) is 12.3 Å². The van der Waals surface area contributed by atoms with E-state index in [9.17, 15) is 0 Å². The van der Waals surface area contributed by atoms with Crippen molar-refractivity contribution in [3.05, 3.63) is 12.3 Å². The first-order valence-electron chi connectivity index (χ1n) is 6.18. The highest BCUT2D eigenvalue weighted by Crippen LogP contribution is 2.22. The molecule has 0 amide bonds.